The molecular formula is C20H22N4O4. The molecule has 0 unspecified atom stereocenters. The molecule has 0 aliphatic carbocycles. The Kier molecular flexibility index (Phi) is 6.11. The van der Waals surface area contributed by atoms with Crippen molar-refractivity contribution in [2.75, 3.05) is 26.1 Å². The standard InChI is InChI=1S/C20H22N4O4/c1-4-24(20(25)21-16-7-5-6-8-17(16)27-3)13-18-22-19(23-28-18)14-9-11-15(26-2)12-10-14/h5-12H,4,13H2,1-3H3,(H,21,25). The quantitative estimate of drug-likeness (QED) is 0.668. The molecule has 0 atom stereocenters. The average molecular weight is 382 g/mol. The summed E-state index contributed by atoms with van der Waals surface area (Å²) < 4.78 is 15.7. The lowest BCUT2D eigenvalue weighted by molar-refractivity contribution is 0.203. The summed E-state index contributed by atoms with van der Waals surface area (Å²) in [5.41, 5.74) is 1.40. The van der Waals surface area contributed by atoms with Crippen molar-refractivity contribution in [1.82, 2.24) is 15.0 Å². The van der Waals surface area contributed by atoms with Gasteiger partial charge in [0.1, 0.15) is 18.0 Å². The number of aromatic nitrogens is 2. The first-order valence-corrected chi connectivity index (χ1v) is 8.80. The van der Waals surface area contributed by atoms with Crippen LogP contribution in [0.1, 0.15) is 12.8 Å². The van der Waals surface area contributed by atoms with Crippen molar-refractivity contribution >= 4 is 11.7 Å². The Bertz CT molecular complexity index is 924. The van der Waals surface area contributed by atoms with Gasteiger partial charge in [-0.15, -0.1) is 0 Å². The molecule has 146 valence electrons. The third-order valence-electron chi connectivity index (χ3n) is 4.16. The van der Waals surface area contributed by atoms with Crippen LogP contribution in [0, 0.1) is 0 Å². The van der Waals surface area contributed by atoms with Crippen LogP contribution in [-0.2, 0) is 6.54 Å². The number of methoxy groups -OCH3 is 2. The second kappa shape index (κ2) is 8.90. The maximum Gasteiger partial charge on any atom is 0.322 e. The van der Waals surface area contributed by atoms with Crippen molar-refractivity contribution in [3.63, 3.8) is 0 Å². The minimum absolute atomic E-state index is 0.195. The summed E-state index contributed by atoms with van der Waals surface area (Å²) in [6.07, 6.45) is 0. The lowest BCUT2D eigenvalue weighted by Gasteiger charge is -2.20. The van der Waals surface area contributed by atoms with Gasteiger partial charge in [0.2, 0.25) is 11.7 Å². The Labute approximate surface area is 163 Å². The number of hydrogen-bond acceptors (Lipinski definition) is 6. The molecule has 0 aliphatic heterocycles. The average Bonchev–Trinajstić information content (AvgIpc) is 3.21. The van der Waals surface area contributed by atoms with E-state index in [2.05, 4.69) is 15.5 Å². The lowest BCUT2D eigenvalue weighted by atomic mass is 10.2. The van der Waals surface area contributed by atoms with Gasteiger partial charge in [-0.3, -0.25) is 0 Å². The van der Waals surface area contributed by atoms with Gasteiger partial charge in [-0.05, 0) is 43.3 Å². The van der Waals surface area contributed by atoms with Crippen LogP contribution in [0.25, 0.3) is 11.4 Å². The number of amides is 2. The Morgan fingerprint density at radius 2 is 1.86 bits per heavy atom. The highest BCUT2D eigenvalue weighted by molar-refractivity contribution is 5.90. The number of carbonyl (C=O) groups excluding carboxylic acids is 1. The van der Waals surface area contributed by atoms with Gasteiger partial charge < -0.3 is 24.2 Å². The van der Waals surface area contributed by atoms with Crippen LogP contribution in [0.4, 0.5) is 10.5 Å². The Morgan fingerprint density at radius 3 is 2.54 bits per heavy atom. The molecular weight excluding hydrogens is 360 g/mol. The van der Waals surface area contributed by atoms with E-state index in [-0.39, 0.29) is 12.6 Å². The Morgan fingerprint density at radius 1 is 1.11 bits per heavy atom. The monoisotopic (exact) mass is 382 g/mol. The molecule has 3 aromatic rings. The topological polar surface area (TPSA) is 89.7 Å². The van der Waals surface area contributed by atoms with E-state index >= 15 is 0 Å². The molecule has 0 saturated heterocycles. The van der Waals surface area contributed by atoms with E-state index < -0.39 is 0 Å². The van der Waals surface area contributed by atoms with Crippen LogP contribution in [0.2, 0.25) is 0 Å². The van der Waals surface area contributed by atoms with E-state index in [1.807, 2.05) is 43.3 Å². The number of para-hydroxylation sites is 2. The molecule has 1 heterocycles. The highest BCUT2D eigenvalue weighted by atomic mass is 16.5. The van der Waals surface area contributed by atoms with Crippen molar-refractivity contribution < 1.29 is 18.8 Å². The maximum absolute atomic E-state index is 12.6. The van der Waals surface area contributed by atoms with E-state index in [0.29, 0.717) is 29.7 Å². The zero-order valence-corrected chi connectivity index (χ0v) is 16.0. The van der Waals surface area contributed by atoms with Gasteiger partial charge in [-0.25, -0.2) is 4.79 Å². The number of ether oxygens (including phenoxy) is 2. The first kappa shape index (κ1) is 19.2. The second-order valence-electron chi connectivity index (χ2n) is 5.88. The summed E-state index contributed by atoms with van der Waals surface area (Å²) >= 11 is 0. The third kappa shape index (κ3) is 4.40. The molecule has 0 bridgehead atoms. The molecule has 8 nitrogen and oxygen atoms in total. The number of nitrogens with one attached hydrogen (secondary N) is 1. The molecule has 0 radical (unpaired) electrons. The van der Waals surface area contributed by atoms with E-state index in [1.54, 1.807) is 31.3 Å². The molecule has 1 N–H and O–H groups in total. The van der Waals surface area contributed by atoms with Crippen molar-refractivity contribution in [3.8, 4) is 22.9 Å². The van der Waals surface area contributed by atoms with Crippen molar-refractivity contribution in [2.45, 2.75) is 13.5 Å². The van der Waals surface area contributed by atoms with Crippen LogP contribution in [0.15, 0.2) is 53.1 Å². The van der Waals surface area contributed by atoms with E-state index in [0.717, 1.165) is 11.3 Å². The fraction of sp³-hybridized carbons (Fsp3) is 0.250. The number of carbonyl (C=O) groups is 1. The summed E-state index contributed by atoms with van der Waals surface area (Å²) in [5, 5.41) is 6.84. The highest BCUT2D eigenvalue weighted by Crippen LogP contribution is 2.24. The van der Waals surface area contributed by atoms with Crippen LogP contribution in [0.5, 0.6) is 11.5 Å². The normalized spacial score (nSPS) is 10.4. The molecule has 28 heavy (non-hydrogen) atoms. The third-order valence-corrected chi connectivity index (χ3v) is 4.16. The zero-order valence-electron chi connectivity index (χ0n) is 16.0. The van der Waals surface area contributed by atoms with Crippen molar-refractivity contribution in [1.29, 1.82) is 0 Å². The largest absolute Gasteiger partial charge is 0.497 e. The fourth-order valence-corrected chi connectivity index (χ4v) is 2.61. The fourth-order valence-electron chi connectivity index (χ4n) is 2.61. The minimum atomic E-state index is -0.281. The molecule has 0 saturated carbocycles. The molecule has 2 amide bonds. The van der Waals surface area contributed by atoms with Crippen LogP contribution in [0.3, 0.4) is 0 Å². The van der Waals surface area contributed by atoms with Gasteiger partial charge in [0.05, 0.1) is 19.9 Å². The summed E-state index contributed by atoms with van der Waals surface area (Å²) in [5.74, 6) is 2.14. The molecule has 8 heteroatoms. The second-order valence-corrected chi connectivity index (χ2v) is 5.88. The van der Waals surface area contributed by atoms with Crippen LogP contribution in [-0.4, -0.2) is 41.8 Å². The summed E-state index contributed by atoms with van der Waals surface area (Å²) in [6, 6.07) is 14.3. The minimum Gasteiger partial charge on any atom is -0.497 e. The smallest absolute Gasteiger partial charge is 0.322 e. The van der Waals surface area contributed by atoms with E-state index in [4.69, 9.17) is 14.0 Å². The van der Waals surface area contributed by atoms with Crippen LogP contribution < -0.4 is 14.8 Å². The van der Waals surface area contributed by atoms with Crippen LogP contribution >= 0.6 is 0 Å². The number of urea groups is 1. The summed E-state index contributed by atoms with van der Waals surface area (Å²) in [7, 11) is 3.17. The number of rotatable bonds is 7. The molecule has 0 aliphatic rings. The van der Waals surface area contributed by atoms with Gasteiger partial charge >= 0.3 is 6.03 Å². The molecule has 2 aromatic carbocycles. The molecule has 3 rings (SSSR count). The predicted octanol–water partition coefficient (Wildman–Crippen LogP) is 3.81. The first-order chi connectivity index (χ1) is 13.6. The molecule has 1 aromatic heterocycles. The van der Waals surface area contributed by atoms with Gasteiger partial charge in [-0.1, -0.05) is 17.3 Å². The van der Waals surface area contributed by atoms with Gasteiger partial charge in [-0.2, -0.15) is 4.98 Å². The number of benzene rings is 2. The lowest BCUT2D eigenvalue weighted by Crippen LogP contribution is -2.34. The highest BCUT2D eigenvalue weighted by Gasteiger charge is 2.18. The van der Waals surface area contributed by atoms with E-state index in [1.165, 1.54) is 0 Å². The maximum atomic E-state index is 12.6. The van der Waals surface area contributed by atoms with Gasteiger partial charge in [0.25, 0.3) is 0 Å². The summed E-state index contributed by atoms with van der Waals surface area (Å²) in [4.78, 5) is 18.6. The van der Waals surface area contributed by atoms with E-state index in [9.17, 15) is 4.79 Å². The van der Waals surface area contributed by atoms with Crippen molar-refractivity contribution in [3.05, 3.63) is 54.4 Å². The Balaban J connectivity index is 1.69. The Hall–Kier alpha value is -3.55. The van der Waals surface area contributed by atoms with Gasteiger partial charge in [0.15, 0.2) is 0 Å². The molecule has 0 spiro atoms. The predicted molar refractivity (Wildman–Crippen MR) is 104 cm³/mol. The van der Waals surface area contributed by atoms with Gasteiger partial charge in [0, 0.05) is 12.1 Å². The number of nitrogens with zero attached hydrogens (tertiary/aromatic N) is 3. The molecule has 0 fully saturated rings. The first-order valence-electron chi connectivity index (χ1n) is 8.80. The SMILES string of the molecule is CCN(Cc1nc(-c2ccc(OC)cc2)no1)C(=O)Nc1ccccc1OC. The zero-order chi connectivity index (χ0) is 19.9. The number of hydrogen-bond donors (Lipinski definition) is 1. The van der Waals surface area contributed by atoms with Crippen molar-refractivity contribution in [2.24, 2.45) is 0 Å². The summed E-state index contributed by atoms with van der Waals surface area (Å²) in [6.45, 7) is 2.55. The number of anilines is 1.